The van der Waals surface area contributed by atoms with Gasteiger partial charge in [0.25, 0.3) is 0 Å². The molecule has 0 radical (unpaired) electrons. The van der Waals surface area contributed by atoms with Gasteiger partial charge in [-0.3, -0.25) is 14.6 Å². The SMILES string of the molecule is C=CCN1CC[C@]2(CCC1=O)CN(Cc1cc(F)cc(F)c1)CCN2C. The van der Waals surface area contributed by atoms with Crippen LogP contribution < -0.4 is 0 Å². The number of likely N-dealkylation sites (N-methyl/N-ethyl adjacent to an activating group) is 1. The van der Waals surface area contributed by atoms with E-state index >= 15 is 0 Å². The molecule has 0 N–H and O–H groups in total. The Hall–Kier alpha value is -1.79. The normalized spacial score (nSPS) is 25.5. The summed E-state index contributed by atoms with van der Waals surface area (Å²) in [6.07, 6.45) is 4.01. The zero-order valence-electron chi connectivity index (χ0n) is 15.4. The highest BCUT2D eigenvalue weighted by Gasteiger charge is 2.42. The van der Waals surface area contributed by atoms with E-state index in [9.17, 15) is 13.6 Å². The molecule has 1 aromatic carbocycles. The van der Waals surface area contributed by atoms with Crippen LogP contribution in [-0.2, 0) is 11.3 Å². The molecule has 0 aromatic heterocycles. The number of likely N-dealkylation sites (tertiary alicyclic amines) is 1. The average Bonchev–Trinajstić information content (AvgIpc) is 2.72. The second-order valence-electron chi connectivity index (χ2n) is 7.51. The Morgan fingerprint density at radius 2 is 1.88 bits per heavy atom. The molecule has 1 spiro atoms. The Balaban J connectivity index is 1.73. The molecule has 2 fully saturated rings. The van der Waals surface area contributed by atoms with Gasteiger partial charge >= 0.3 is 0 Å². The van der Waals surface area contributed by atoms with Gasteiger partial charge in [0.05, 0.1) is 0 Å². The van der Waals surface area contributed by atoms with Gasteiger partial charge in [0.2, 0.25) is 5.91 Å². The van der Waals surface area contributed by atoms with Crippen molar-refractivity contribution in [2.75, 3.05) is 39.8 Å². The quantitative estimate of drug-likeness (QED) is 0.770. The first-order chi connectivity index (χ1) is 12.4. The van der Waals surface area contributed by atoms with Gasteiger partial charge in [-0.1, -0.05) is 6.08 Å². The summed E-state index contributed by atoms with van der Waals surface area (Å²) in [4.78, 5) is 18.8. The molecule has 2 saturated heterocycles. The van der Waals surface area contributed by atoms with Crippen molar-refractivity contribution in [3.8, 4) is 0 Å². The lowest BCUT2D eigenvalue weighted by atomic mass is 9.86. The van der Waals surface area contributed by atoms with E-state index in [2.05, 4.69) is 23.4 Å². The van der Waals surface area contributed by atoms with Crippen molar-refractivity contribution in [3.63, 3.8) is 0 Å². The zero-order valence-corrected chi connectivity index (χ0v) is 15.4. The summed E-state index contributed by atoms with van der Waals surface area (Å²) in [5.74, 6) is -0.896. The summed E-state index contributed by atoms with van der Waals surface area (Å²) in [6.45, 7) is 8.10. The van der Waals surface area contributed by atoms with Crippen molar-refractivity contribution in [2.45, 2.75) is 31.3 Å². The molecule has 0 bridgehead atoms. The van der Waals surface area contributed by atoms with Gasteiger partial charge in [0.15, 0.2) is 0 Å². The molecular formula is C20H27F2N3O. The maximum atomic E-state index is 13.5. The van der Waals surface area contributed by atoms with Crippen LogP contribution in [0.4, 0.5) is 8.78 Å². The van der Waals surface area contributed by atoms with E-state index in [1.807, 2.05) is 4.90 Å². The molecule has 1 amide bonds. The van der Waals surface area contributed by atoms with E-state index in [-0.39, 0.29) is 11.4 Å². The largest absolute Gasteiger partial charge is 0.339 e. The lowest BCUT2D eigenvalue weighted by molar-refractivity contribution is -0.130. The van der Waals surface area contributed by atoms with Crippen molar-refractivity contribution in [3.05, 3.63) is 48.1 Å². The van der Waals surface area contributed by atoms with Crippen LogP contribution in [0.1, 0.15) is 24.8 Å². The topological polar surface area (TPSA) is 26.8 Å². The monoisotopic (exact) mass is 363 g/mol. The third kappa shape index (κ3) is 4.13. The lowest BCUT2D eigenvalue weighted by Gasteiger charge is -2.49. The summed E-state index contributed by atoms with van der Waals surface area (Å²) in [7, 11) is 2.12. The molecule has 1 aromatic rings. The van der Waals surface area contributed by atoms with Gasteiger partial charge in [-0.05, 0) is 37.6 Å². The number of nitrogens with zero attached hydrogens (tertiary/aromatic N) is 3. The molecule has 1 atom stereocenters. The number of carbonyl (C=O) groups excluding carboxylic acids is 1. The summed E-state index contributed by atoms with van der Waals surface area (Å²) >= 11 is 0. The minimum atomic E-state index is -0.538. The van der Waals surface area contributed by atoms with E-state index in [0.717, 1.165) is 45.1 Å². The highest BCUT2D eigenvalue weighted by Crippen LogP contribution is 2.32. The van der Waals surface area contributed by atoms with Gasteiger partial charge in [0, 0.05) is 57.3 Å². The fraction of sp³-hybridized carbons (Fsp3) is 0.550. The average molecular weight is 363 g/mol. The van der Waals surface area contributed by atoms with Gasteiger partial charge in [-0.15, -0.1) is 6.58 Å². The van der Waals surface area contributed by atoms with Gasteiger partial charge in [0.1, 0.15) is 11.6 Å². The number of hydrogen-bond acceptors (Lipinski definition) is 3. The predicted octanol–water partition coefficient (Wildman–Crippen LogP) is 2.65. The summed E-state index contributed by atoms with van der Waals surface area (Å²) < 4.78 is 27.0. The number of piperazine rings is 1. The van der Waals surface area contributed by atoms with E-state index < -0.39 is 11.6 Å². The maximum absolute atomic E-state index is 13.5. The third-order valence-corrected chi connectivity index (χ3v) is 5.76. The maximum Gasteiger partial charge on any atom is 0.222 e. The standard InChI is InChI=1S/C20H27F2N3O/c1-3-7-25-8-6-20(5-4-19(25)26)15-24(10-9-23(20)2)14-16-11-17(21)13-18(22)12-16/h3,11-13H,1,4-10,14-15H2,2H3/t20-/m1/s1. The zero-order chi connectivity index (χ0) is 18.7. The van der Waals surface area contributed by atoms with Crippen LogP contribution in [0, 0.1) is 11.6 Å². The Kier molecular flexibility index (Phi) is 5.73. The summed E-state index contributed by atoms with van der Waals surface area (Å²) in [6, 6.07) is 3.70. The molecule has 2 heterocycles. The van der Waals surface area contributed by atoms with E-state index in [0.29, 0.717) is 25.1 Å². The smallest absolute Gasteiger partial charge is 0.222 e. The van der Waals surface area contributed by atoms with Crippen LogP contribution in [-0.4, -0.2) is 65.9 Å². The Bertz CT molecular complexity index is 661. The van der Waals surface area contributed by atoms with Crippen LogP contribution >= 0.6 is 0 Å². The van der Waals surface area contributed by atoms with E-state index in [4.69, 9.17) is 0 Å². The summed E-state index contributed by atoms with van der Waals surface area (Å²) in [5.41, 5.74) is 0.579. The van der Waals surface area contributed by atoms with E-state index in [1.54, 1.807) is 6.08 Å². The third-order valence-electron chi connectivity index (χ3n) is 5.76. The van der Waals surface area contributed by atoms with Crippen LogP contribution in [0.3, 0.4) is 0 Å². The predicted molar refractivity (Wildman–Crippen MR) is 97.6 cm³/mol. The fourth-order valence-electron chi connectivity index (χ4n) is 4.22. The Labute approximate surface area is 154 Å². The van der Waals surface area contributed by atoms with Crippen molar-refractivity contribution in [1.29, 1.82) is 0 Å². The number of benzene rings is 1. The number of hydrogen-bond donors (Lipinski definition) is 0. The fourth-order valence-corrected chi connectivity index (χ4v) is 4.22. The molecule has 142 valence electrons. The van der Waals surface area contributed by atoms with Crippen molar-refractivity contribution >= 4 is 5.91 Å². The van der Waals surface area contributed by atoms with Crippen molar-refractivity contribution in [1.82, 2.24) is 14.7 Å². The van der Waals surface area contributed by atoms with Crippen LogP contribution in [0.2, 0.25) is 0 Å². The van der Waals surface area contributed by atoms with Crippen LogP contribution in [0.15, 0.2) is 30.9 Å². The second kappa shape index (κ2) is 7.84. The molecule has 4 nitrogen and oxygen atoms in total. The first kappa shape index (κ1) is 19.0. The van der Waals surface area contributed by atoms with Crippen LogP contribution in [0.25, 0.3) is 0 Å². The van der Waals surface area contributed by atoms with Gasteiger partial charge < -0.3 is 4.90 Å². The highest BCUT2D eigenvalue weighted by molar-refractivity contribution is 5.76. The molecule has 6 heteroatoms. The van der Waals surface area contributed by atoms with Crippen molar-refractivity contribution < 1.29 is 13.6 Å². The molecule has 0 aliphatic carbocycles. The first-order valence-corrected chi connectivity index (χ1v) is 9.19. The molecule has 2 aliphatic heterocycles. The molecule has 0 saturated carbocycles. The molecule has 2 aliphatic rings. The minimum absolute atomic E-state index is 0.0737. The number of rotatable bonds is 4. The number of halogens is 2. The molecular weight excluding hydrogens is 336 g/mol. The molecule has 0 unspecified atom stereocenters. The van der Waals surface area contributed by atoms with Gasteiger partial charge in [-0.2, -0.15) is 0 Å². The van der Waals surface area contributed by atoms with Crippen molar-refractivity contribution in [2.24, 2.45) is 0 Å². The second-order valence-corrected chi connectivity index (χ2v) is 7.51. The molecule has 26 heavy (non-hydrogen) atoms. The van der Waals surface area contributed by atoms with Crippen LogP contribution in [0.5, 0.6) is 0 Å². The number of carbonyl (C=O) groups is 1. The number of amides is 1. The first-order valence-electron chi connectivity index (χ1n) is 9.19. The highest BCUT2D eigenvalue weighted by atomic mass is 19.1. The molecule has 3 rings (SSSR count). The summed E-state index contributed by atoms with van der Waals surface area (Å²) in [5, 5.41) is 0. The minimum Gasteiger partial charge on any atom is -0.339 e. The Morgan fingerprint density at radius 1 is 1.15 bits per heavy atom. The Morgan fingerprint density at radius 3 is 2.58 bits per heavy atom. The van der Waals surface area contributed by atoms with Gasteiger partial charge in [-0.25, -0.2) is 8.78 Å². The van der Waals surface area contributed by atoms with E-state index in [1.165, 1.54) is 12.1 Å². The lowest BCUT2D eigenvalue weighted by Crippen LogP contribution is -2.60.